The van der Waals surface area contributed by atoms with Gasteiger partial charge in [-0.1, -0.05) is 6.42 Å². The van der Waals surface area contributed by atoms with Crippen molar-refractivity contribution in [3.8, 4) is 5.88 Å². The van der Waals surface area contributed by atoms with Gasteiger partial charge in [-0.05, 0) is 38.8 Å². The molecule has 4 nitrogen and oxygen atoms in total. The molecule has 1 fully saturated rings. The zero-order valence-electron chi connectivity index (χ0n) is 9.78. The van der Waals surface area contributed by atoms with Crippen LogP contribution in [-0.4, -0.2) is 29.4 Å². The topological polar surface area (TPSA) is 47.0 Å². The molecule has 1 N–H and O–H groups in total. The highest BCUT2D eigenvalue weighted by molar-refractivity contribution is 5.10. The van der Waals surface area contributed by atoms with Gasteiger partial charge in [-0.2, -0.15) is 5.10 Å². The van der Waals surface area contributed by atoms with Crippen molar-refractivity contribution in [1.29, 1.82) is 0 Å². The summed E-state index contributed by atoms with van der Waals surface area (Å²) in [6.07, 6.45) is 4.96. The number of rotatable bonds is 4. The molecule has 1 aromatic rings. The van der Waals surface area contributed by atoms with E-state index in [0.717, 1.165) is 25.3 Å². The van der Waals surface area contributed by atoms with Crippen LogP contribution in [0.2, 0.25) is 0 Å². The molecule has 2 heterocycles. The molecule has 0 aromatic carbocycles. The van der Waals surface area contributed by atoms with Crippen LogP contribution in [0.4, 0.5) is 0 Å². The fourth-order valence-corrected chi connectivity index (χ4v) is 1.94. The monoisotopic (exact) mass is 221 g/mol. The van der Waals surface area contributed by atoms with E-state index < -0.39 is 0 Å². The van der Waals surface area contributed by atoms with Crippen molar-refractivity contribution in [2.75, 3.05) is 13.2 Å². The largest absolute Gasteiger partial charge is 0.477 e. The summed E-state index contributed by atoms with van der Waals surface area (Å²) >= 11 is 0. The summed E-state index contributed by atoms with van der Waals surface area (Å²) in [7, 11) is 0. The Bertz CT molecular complexity index is 307. The summed E-state index contributed by atoms with van der Waals surface area (Å²) in [6.45, 7) is 3.78. The molecule has 0 spiro atoms. The van der Waals surface area contributed by atoms with E-state index in [1.54, 1.807) is 0 Å². The van der Waals surface area contributed by atoms with Crippen LogP contribution in [0.3, 0.4) is 0 Å². The minimum Gasteiger partial charge on any atom is -0.477 e. The highest BCUT2D eigenvalue weighted by atomic mass is 16.5. The summed E-state index contributed by atoms with van der Waals surface area (Å²) in [5.74, 6) is 0.626. The summed E-state index contributed by atoms with van der Waals surface area (Å²) < 4.78 is 5.55. The zero-order chi connectivity index (χ0) is 11.2. The molecule has 1 aliphatic heterocycles. The average Bonchev–Trinajstić information content (AvgIpc) is 2.33. The molecule has 4 heteroatoms. The third kappa shape index (κ3) is 3.45. The molecule has 1 aliphatic rings. The molecule has 0 saturated carbocycles. The molecule has 0 aliphatic carbocycles. The minimum atomic E-state index is 0.618. The molecule has 2 rings (SSSR count). The van der Waals surface area contributed by atoms with Gasteiger partial charge in [0.25, 0.3) is 0 Å². The normalized spacial score (nSPS) is 20.7. The third-order valence-electron chi connectivity index (χ3n) is 2.90. The van der Waals surface area contributed by atoms with Crippen LogP contribution in [0.15, 0.2) is 12.1 Å². The predicted molar refractivity (Wildman–Crippen MR) is 62.5 cm³/mol. The Morgan fingerprint density at radius 3 is 3.00 bits per heavy atom. The first-order valence-electron chi connectivity index (χ1n) is 6.01. The molecule has 0 radical (unpaired) electrons. The molecule has 1 saturated heterocycles. The molecule has 88 valence electrons. The lowest BCUT2D eigenvalue weighted by atomic mass is 10.0. The second-order valence-corrected chi connectivity index (χ2v) is 4.30. The smallest absolute Gasteiger partial charge is 0.233 e. The van der Waals surface area contributed by atoms with E-state index in [9.17, 15) is 0 Å². The minimum absolute atomic E-state index is 0.618. The quantitative estimate of drug-likeness (QED) is 0.840. The maximum absolute atomic E-state index is 5.55. The summed E-state index contributed by atoms with van der Waals surface area (Å²) in [6, 6.07) is 4.41. The lowest BCUT2D eigenvalue weighted by Gasteiger charge is -2.23. The second-order valence-electron chi connectivity index (χ2n) is 4.30. The van der Waals surface area contributed by atoms with Crippen molar-refractivity contribution >= 4 is 0 Å². The number of aryl methyl sites for hydroxylation is 1. The maximum Gasteiger partial charge on any atom is 0.233 e. The summed E-state index contributed by atoms with van der Waals surface area (Å²) in [5, 5.41) is 11.4. The van der Waals surface area contributed by atoms with Crippen LogP contribution in [0.5, 0.6) is 5.88 Å². The highest BCUT2D eigenvalue weighted by Crippen LogP contribution is 2.11. The number of hydrogen-bond acceptors (Lipinski definition) is 4. The van der Waals surface area contributed by atoms with Crippen LogP contribution in [0.1, 0.15) is 31.4 Å². The van der Waals surface area contributed by atoms with Gasteiger partial charge in [0.1, 0.15) is 0 Å². The van der Waals surface area contributed by atoms with Crippen LogP contribution in [0, 0.1) is 6.92 Å². The van der Waals surface area contributed by atoms with Crippen molar-refractivity contribution in [3.63, 3.8) is 0 Å². The van der Waals surface area contributed by atoms with E-state index in [1.807, 2.05) is 19.1 Å². The van der Waals surface area contributed by atoms with Gasteiger partial charge in [-0.3, -0.25) is 0 Å². The first-order chi connectivity index (χ1) is 7.84. The molecule has 16 heavy (non-hydrogen) atoms. The van der Waals surface area contributed by atoms with Crippen molar-refractivity contribution in [3.05, 3.63) is 17.8 Å². The van der Waals surface area contributed by atoms with E-state index >= 15 is 0 Å². The van der Waals surface area contributed by atoms with E-state index in [1.165, 1.54) is 19.3 Å². The van der Waals surface area contributed by atoms with Gasteiger partial charge >= 0.3 is 0 Å². The number of ether oxygens (including phenoxy) is 1. The Kier molecular flexibility index (Phi) is 4.10. The Labute approximate surface area is 96.4 Å². The molecular weight excluding hydrogens is 202 g/mol. The van der Waals surface area contributed by atoms with Gasteiger partial charge in [0.05, 0.1) is 12.3 Å². The van der Waals surface area contributed by atoms with Gasteiger partial charge in [-0.15, -0.1) is 5.10 Å². The Morgan fingerprint density at radius 1 is 1.38 bits per heavy atom. The average molecular weight is 221 g/mol. The van der Waals surface area contributed by atoms with E-state index in [2.05, 4.69) is 15.5 Å². The maximum atomic E-state index is 5.55. The SMILES string of the molecule is Cc1ccc(OCCC2CCCCN2)nn1. The van der Waals surface area contributed by atoms with E-state index in [0.29, 0.717) is 11.9 Å². The highest BCUT2D eigenvalue weighted by Gasteiger charge is 2.12. The lowest BCUT2D eigenvalue weighted by molar-refractivity contribution is 0.258. The van der Waals surface area contributed by atoms with Crippen LogP contribution in [-0.2, 0) is 0 Å². The molecule has 0 bridgehead atoms. The Morgan fingerprint density at radius 2 is 2.31 bits per heavy atom. The molecule has 1 unspecified atom stereocenters. The van der Waals surface area contributed by atoms with Crippen LogP contribution in [0.25, 0.3) is 0 Å². The molecule has 1 aromatic heterocycles. The van der Waals surface area contributed by atoms with Gasteiger partial charge in [0.15, 0.2) is 0 Å². The Balaban J connectivity index is 1.69. The first kappa shape index (κ1) is 11.3. The number of piperidine rings is 1. The molecule has 0 amide bonds. The van der Waals surface area contributed by atoms with Crippen LogP contribution < -0.4 is 10.1 Å². The van der Waals surface area contributed by atoms with Crippen molar-refractivity contribution < 1.29 is 4.74 Å². The van der Waals surface area contributed by atoms with Gasteiger partial charge in [0, 0.05) is 12.1 Å². The van der Waals surface area contributed by atoms with Crippen molar-refractivity contribution in [1.82, 2.24) is 15.5 Å². The molecule has 1 atom stereocenters. The second kappa shape index (κ2) is 5.80. The zero-order valence-corrected chi connectivity index (χ0v) is 9.78. The van der Waals surface area contributed by atoms with Crippen molar-refractivity contribution in [2.45, 2.75) is 38.6 Å². The fraction of sp³-hybridized carbons (Fsp3) is 0.667. The number of nitrogens with one attached hydrogen (secondary N) is 1. The first-order valence-corrected chi connectivity index (χ1v) is 6.01. The lowest BCUT2D eigenvalue weighted by Crippen LogP contribution is -2.35. The van der Waals surface area contributed by atoms with E-state index in [4.69, 9.17) is 4.74 Å². The van der Waals surface area contributed by atoms with Crippen molar-refractivity contribution in [2.24, 2.45) is 0 Å². The predicted octanol–water partition coefficient (Wildman–Crippen LogP) is 1.70. The van der Waals surface area contributed by atoms with Gasteiger partial charge < -0.3 is 10.1 Å². The Hall–Kier alpha value is -1.16. The summed E-state index contributed by atoms with van der Waals surface area (Å²) in [5.41, 5.74) is 0.918. The number of nitrogens with zero attached hydrogens (tertiary/aromatic N) is 2. The van der Waals surface area contributed by atoms with Gasteiger partial charge in [-0.25, -0.2) is 0 Å². The third-order valence-corrected chi connectivity index (χ3v) is 2.90. The standard InChI is InChI=1S/C12H19N3O/c1-10-5-6-12(15-14-10)16-9-7-11-4-2-3-8-13-11/h5-6,11,13H,2-4,7-9H2,1H3. The van der Waals surface area contributed by atoms with Crippen LogP contribution >= 0.6 is 0 Å². The van der Waals surface area contributed by atoms with Gasteiger partial charge in [0.2, 0.25) is 5.88 Å². The van der Waals surface area contributed by atoms with E-state index in [-0.39, 0.29) is 0 Å². The number of aromatic nitrogens is 2. The summed E-state index contributed by atoms with van der Waals surface area (Å²) in [4.78, 5) is 0. The number of hydrogen-bond donors (Lipinski definition) is 1. The molecular formula is C12H19N3O. The fourth-order valence-electron chi connectivity index (χ4n) is 1.94.